The van der Waals surface area contributed by atoms with E-state index < -0.39 is 0 Å². The van der Waals surface area contributed by atoms with Crippen molar-refractivity contribution in [1.82, 2.24) is 15.1 Å². The van der Waals surface area contributed by atoms with E-state index in [-0.39, 0.29) is 11.8 Å². The summed E-state index contributed by atoms with van der Waals surface area (Å²) in [4.78, 5) is 29.7. The van der Waals surface area contributed by atoms with Crippen molar-refractivity contribution < 1.29 is 14.3 Å². The number of ether oxygens (including phenoxy) is 1. The van der Waals surface area contributed by atoms with E-state index >= 15 is 0 Å². The summed E-state index contributed by atoms with van der Waals surface area (Å²) in [5, 5.41) is 6.48. The molecule has 3 aromatic carbocycles. The first kappa shape index (κ1) is 31.3. The molecule has 1 aliphatic heterocycles. The van der Waals surface area contributed by atoms with E-state index in [0.717, 1.165) is 73.8 Å². The van der Waals surface area contributed by atoms with Crippen LogP contribution in [0.2, 0.25) is 0 Å². The van der Waals surface area contributed by atoms with Gasteiger partial charge in [0, 0.05) is 51.9 Å². The fraction of sp³-hybridized carbons (Fsp3) is 0.429. The number of hydrogen-bond acceptors (Lipinski definition) is 5. The van der Waals surface area contributed by atoms with Gasteiger partial charge in [-0.1, -0.05) is 75.1 Å². The molecule has 3 aromatic rings. The topological polar surface area (TPSA) is 73.9 Å². The summed E-state index contributed by atoms with van der Waals surface area (Å²) in [5.74, 6) is 0.123. The van der Waals surface area contributed by atoms with Crippen LogP contribution in [0.3, 0.4) is 0 Å². The van der Waals surface area contributed by atoms with Crippen molar-refractivity contribution in [3.8, 4) is 11.1 Å². The number of anilines is 2. The number of nitrogens with one attached hydrogen (secondary N) is 2. The van der Waals surface area contributed by atoms with E-state index in [0.29, 0.717) is 25.1 Å². The third kappa shape index (κ3) is 9.71. The van der Waals surface area contributed by atoms with Gasteiger partial charge in [-0.05, 0) is 53.4 Å². The van der Waals surface area contributed by atoms with Gasteiger partial charge >= 0.3 is 0 Å². The van der Waals surface area contributed by atoms with Gasteiger partial charge in [0.25, 0.3) is 5.91 Å². The molecule has 1 heterocycles. The normalized spacial score (nSPS) is 13.5. The summed E-state index contributed by atoms with van der Waals surface area (Å²) in [5.41, 5.74) is 5.63. The van der Waals surface area contributed by atoms with Gasteiger partial charge in [-0.15, -0.1) is 0 Å². The second-order valence-corrected chi connectivity index (χ2v) is 11.1. The monoisotopic (exact) mass is 570 g/mol. The molecule has 0 atom stereocenters. The van der Waals surface area contributed by atoms with Crippen LogP contribution < -0.4 is 10.6 Å². The van der Waals surface area contributed by atoms with E-state index in [2.05, 4.69) is 52.8 Å². The molecule has 1 aliphatic rings. The third-order valence-electron chi connectivity index (χ3n) is 7.75. The lowest BCUT2D eigenvalue weighted by Gasteiger charge is -2.26. The van der Waals surface area contributed by atoms with Gasteiger partial charge in [-0.25, -0.2) is 0 Å². The Balaban J connectivity index is 1.31. The number of hydrogen-bond donors (Lipinski definition) is 2. The van der Waals surface area contributed by atoms with Gasteiger partial charge in [-0.2, -0.15) is 0 Å². The molecule has 0 radical (unpaired) electrons. The fourth-order valence-corrected chi connectivity index (χ4v) is 5.22. The molecule has 7 heteroatoms. The van der Waals surface area contributed by atoms with Crippen molar-refractivity contribution in [1.29, 1.82) is 0 Å². The Morgan fingerprint density at radius 1 is 0.881 bits per heavy atom. The van der Waals surface area contributed by atoms with Crippen molar-refractivity contribution in [2.24, 2.45) is 0 Å². The van der Waals surface area contributed by atoms with Crippen LogP contribution >= 0.6 is 0 Å². The number of carbonyl (C=O) groups is 2. The maximum absolute atomic E-state index is 13.0. The standard InChI is InChI=1S/C35H46N4O3/c1-3-4-5-6-7-15-34(40)38(2)27-28-11-10-12-30(26-28)29-16-18-31(19-17-29)37-33-14-9-8-13-32(33)35(41)36-20-21-39-22-24-42-25-23-39/h8-14,16-19,26,37H,3-7,15,20-25,27H2,1-2H3,(H,36,41). The maximum atomic E-state index is 13.0. The van der Waals surface area contributed by atoms with E-state index in [1.807, 2.05) is 54.4 Å². The quantitative estimate of drug-likeness (QED) is 0.205. The molecule has 1 fully saturated rings. The molecule has 7 nitrogen and oxygen atoms in total. The molecule has 0 aromatic heterocycles. The minimum Gasteiger partial charge on any atom is -0.379 e. The van der Waals surface area contributed by atoms with Gasteiger partial charge in [-0.3, -0.25) is 14.5 Å². The average molecular weight is 571 g/mol. The molecule has 2 amide bonds. The minimum absolute atomic E-state index is 0.0836. The number of unbranched alkanes of at least 4 members (excludes halogenated alkanes) is 4. The molecule has 0 aliphatic carbocycles. The average Bonchev–Trinajstić information content (AvgIpc) is 3.02. The Morgan fingerprint density at radius 2 is 1.64 bits per heavy atom. The van der Waals surface area contributed by atoms with Crippen molar-refractivity contribution in [2.45, 2.75) is 52.0 Å². The summed E-state index contributed by atoms with van der Waals surface area (Å²) >= 11 is 0. The highest BCUT2D eigenvalue weighted by atomic mass is 16.5. The van der Waals surface area contributed by atoms with Gasteiger partial charge in [0.1, 0.15) is 0 Å². The number of benzene rings is 3. The largest absolute Gasteiger partial charge is 0.379 e. The highest BCUT2D eigenvalue weighted by molar-refractivity contribution is 6.00. The number of para-hydroxylation sites is 1. The number of rotatable bonds is 15. The third-order valence-corrected chi connectivity index (χ3v) is 7.75. The molecule has 0 spiro atoms. The van der Waals surface area contributed by atoms with Crippen molar-refractivity contribution in [3.05, 3.63) is 83.9 Å². The summed E-state index contributed by atoms with van der Waals surface area (Å²) in [7, 11) is 1.89. The first-order chi connectivity index (χ1) is 20.5. The molecule has 0 bridgehead atoms. The Kier molecular flexibility index (Phi) is 12.4. The van der Waals surface area contributed by atoms with Gasteiger partial charge < -0.3 is 20.3 Å². The lowest BCUT2D eigenvalue weighted by Crippen LogP contribution is -2.41. The lowest BCUT2D eigenvalue weighted by atomic mass is 10.0. The molecule has 0 unspecified atom stereocenters. The minimum atomic E-state index is -0.0836. The zero-order chi connectivity index (χ0) is 29.6. The van der Waals surface area contributed by atoms with Crippen LogP contribution in [-0.2, 0) is 16.1 Å². The molecule has 2 N–H and O–H groups in total. The molecule has 224 valence electrons. The second-order valence-electron chi connectivity index (χ2n) is 11.1. The summed E-state index contributed by atoms with van der Waals surface area (Å²) in [6.07, 6.45) is 6.38. The summed E-state index contributed by atoms with van der Waals surface area (Å²) in [6.45, 7) is 7.55. The summed E-state index contributed by atoms with van der Waals surface area (Å²) < 4.78 is 5.40. The van der Waals surface area contributed by atoms with Crippen LogP contribution in [0.15, 0.2) is 72.8 Å². The van der Waals surface area contributed by atoms with Gasteiger partial charge in [0.2, 0.25) is 5.91 Å². The molecular formula is C35H46N4O3. The Labute approximate surface area is 251 Å². The SMILES string of the molecule is CCCCCCCC(=O)N(C)Cc1cccc(-c2ccc(Nc3ccccc3C(=O)NCCN3CCOCC3)cc2)c1. The zero-order valence-corrected chi connectivity index (χ0v) is 25.2. The first-order valence-corrected chi connectivity index (χ1v) is 15.4. The Hall–Kier alpha value is -3.68. The number of carbonyl (C=O) groups excluding carboxylic acids is 2. The number of morpholine rings is 1. The van der Waals surface area contributed by atoms with Crippen molar-refractivity contribution >= 4 is 23.2 Å². The molecule has 0 saturated carbocycles. The fourth-order valence-electron chi connectivity index (χ4n) is 5.22. The predicted molar refractivity (Wildman–Crippen MR) is 171 cm³/mol. The van der Waals surface area contributed by atoms with Crippen molar-refractivity contribution in [3.63, 3.8) is 0 Å². The molecule has 1 saturated heterocycles. The van der Waals surface area contributed by atoms with E-state index in [1.54, 1.807) is 0 Å². The van der Waals surface area contributed by atoms with Crippen LogP contribution in [-0.4, -0.2) is 68.1 Å². The van der Waals surface area contributed by atoms with Crippen molar-refractivity contribution in [2.75, 3.05) is 51.8 Å². The highest BCUT2D eigenvalue weighted by Gasteiger charge is 2.14. The Bertz CT molecular complexity index is 1270. The van der Waals surface area contributed by atoms with Crippen LogP contribution in [0.5, 0.6) is 0 Å². The van der Waals surface area contributed by atoms with Crippen LogP contribution in [0, 0.1) is 0 Å². The van der Waals surface area contributed by atoms with Crippen LogP contribution in [0.25, 0.3) is 11.1 Å². The maximum Gasteiger partial charge on any atom is 0.253 e. The summed E-state index contributed by atoms with van der Waals surface area (Å²) in [6, 6.07) is 24.2. The predicted octanol–water partition coefficient (Wildman–Crippen LogP) is 6.48. The van der Waals surface area contributed by atoms with E-state index in [1.165, 1.54) is 19.3 Å². The lowest BCUT2D eigenvalue weighted by molar-refractivity contribution is -0.130. The van der Waals surface area contributed by atoms with Gasteiger partial charge in [0.15, 0.2) is 0 Å². The highest BCUT2D eigenvalue weighted by Crippen LogP contribution is 2.26. The van der Waals surface area contributed by atoms with Crippen LogP contribution in [0.4, 0.5) is 11.4 Å². The second kappa shape index (κ2) is 16.7. The molecule has 42 heavy (non-hydrogen) atoms. The Morgan fingerprint density at radius 3 is 2.43 bits per heavy atom. The molecule has 4 rings (SSSR count). The molecular weight excluding hydrogens is 524 g/mol. The number of amides is 2. The van der Waals surface area contributed by atoms with Crippen LogP contribution in [0.1, 0.15) is 61.4 Å². The van der Waals surface area contributed by atoms with Gasteiger partial charge in [0.05, 0.1) is 24.5 Å². The zero-order valence-electron chi connectivity index (χ0n) is 25.2. The first-order valence-electron chi connectivity index (χ1n) is 15.4. The van der Waals surface area contributed by atoms with E-state index in [4.69, 9.17) is 4.74 Å². The number of nitrogens with zero attached hydrogens (tertiary/aromatic N) is 2. The smallest absolute Gasteiger partial charge is 0.253 e. The van der Waals surface area contributed by atoms with E-state index in [9.17, 15) is 9.59 Å².